The second kappa shape index (κ2) is 5.66. The number of hydrogen-bond acceptors (Lipinski definition) is 3. The molecule has 1 aromatic rings. The number of aryl methyl sites for hydroxylation is 1. The zero-order chi connectivity index (χ0) is 13.0. The van der Waals surface area contributed by atoms with Gasteiger partial charge in [0.15, 0.2) is 0 Å². The molecular weight excluding hydrogens is 216 g/mol. The van der Waals surface area contributed by atoms with Crippen LogP contribution in [0.1, 0.15) is 36.3 Å². The van der Waals surface area contributed by atoms with Crippen molar-refractivity contribution in [2.75, 3.05) is 18.5 Å². The largest absolute Gasteiger partial charge is 0.478 e. The Morgan fingerprint density at radius 3 is 2.59 bits per heavy atom. The molecule has 0 atom stereocenters. The van der Waals surface area contributed by atoms with Gasteiger partial charge in [-0.15, -0.1) is 0 Å². The molecule has 1 N–H and O–H groups in total. The fraction of sp³-hybridized carbons (Fsp3) is 0.538. The van der Waals surface area contributed by atoms with Gasteiger partial charge >= 0.3 is 5.97 Å². The van der Waals surface area contributed by atoms with Gasteiger partial charge in [-0.25, -0.2) is 9.78 Å². The first-order chi connectivity index (χ1) is 7.91. The topological polar surface area (TPSA) is 53.4 Å². The highest BCUT2D eigenvalue weighted by atomic mass is 16.4. The number of aromatic nitrogens is 1. The van der Waals surface area contributed by atoms with Crippen LogP contribution in [0.3, 0.4) is 0 Å². The molecule has 0 saturated carbocycles. The lowest BCUT2D eigenvalue weighted by Crippen LogP contribution is -2.21. The van der Waals surface area contributed by atoms with Gasteiger partial charge in [-0.05, 0) is 31.4 Å². The summed E-state index contributed by atoms with van der Waals surface area (Å²) in [6.07, 6.45) is 1.10. The summed E-state index contributed by atoms with van der Waals surface area (Å²) in [5.74, 6) is 0.552. The molecule has 4 heteroatoms. The van der Waals surface area contributed by atoms with Crippen molar-refractivity contribution in [2.45, 2.75) is 27.2 Å². The first-order valence-electron chi connectivity index (χ1n) is 5.84. The maximum absolute atomic E-state index is 10.9. The van der Waals surface area contributed by atoms with Crippen molar-refractivity contribution in [3.8, 4) is 0 Å². The van der Waals surface area contributed by atoms with Crippen LogP contribution in [0.5, 0.6) is 0 Å². The molecule has 0 saturated heterocycles. The average molecular weight is 236 g/mol. The Labute approximate surface area is 102 Å². The fourth-order valence-corrected chi connectivity index (χ4v) is 1.55. The second-order valence-corrected chi connectivity index (χ2v) is 4.71. The Morgan fingerprint density at radius 2 is 2.12 bits per heavy atom. The molecule has 0 aliphatic carbocycles. The van der Waals surface area contributed by atoms with Crippen molar-refractivity contribution in [1.29, 1.82) is 0 Å². The van der Waals surface area contributed by atoms with Crippen molar-refractivity contribution < 1.29 is 9.90 Å². The molecule has 0 fully saturated rings. The highest BCUT2D eigenvalue weighted by Crippen LogP contribution is 2.15. The molecule has 1 heterocycles. The number of pyridine rings is 1. The molecule has 0 aliphatic heterocycles. The summed E-state index contributed by atoms with van der Waals surface area (Å²) in [6, 6.07) is 3.38. The predicted molar refractivity (Wildman–Crippen MR) is 68.7 cm³/mol. The van der Waals surface area contributed by atoms with Crippen LogP contribution in [0.15, 0.2) is 12.1 Å². The molecule has 0 spiro atoms. The van der Waals surface area contributed by atoms with E-state index in [0.717, 1.165) is 18.8 Å². The number of anilines is 1. The van der Waals surface area contributed by atoms with E-state index in [1.807, 2.05) is 7.05 Å². The lowest BCUT2D eigenvalue weighted by Gasteiger charge is -2.20. The molecule has 0 aliphatic rings. The van der Waals surface area contributed by atoms with E-state index >= 15 is 0 Å². The van der Waals surface area contributed by atoms with Gasteiger partial charge in [-0.3, -0.25) is 0 Å². The number of carboxylic acid groups (broad SMARTS) is 1. The number of carboxylic acids is 1. The first-order valence-corrected chi connectivity index (χ1v) is 5.84. The van der Waals surface area contributed by atoms with Gasteiger partial charge in [0.05, 0.1) is 11.3 Å². The lowest BCUT2D eigenvalue weighted by molar-refractivity contribution is 0.0695. The Hall–Kier alpha value is -1.58. The minimum absolute atomic E-state index is 0.269. The summed E-state index contributed by atoms with van der Waals surface area (Å²) in [5.41, 5.74) is 0.831. The van der Waals surface area contributed by atoms with Crippen LogP contribution in [-0.4, -0.2) is 29.7 Å². The van der Waals surface area contributed by atoms with Crippen LogP contribution in [0.2, 0.25) is 0 Å². The SMILES string of the molecule is Cc1nc(N(C)CCC(C)C)ccc1C(=O)O. The number of rotatable bonds is 5. The molecule has 94 valence electrons. The average Bonchev–Trinajstić information content (AvgIpc) is 2.25. The minimum Gasteiger partial charge on any atom is -0.478 e. The summed E-state index contributed by atoms with van der Waals surface area (Å²) in [4.78, 5) is 17.2. The van der Waals surface area contributed by atoms with E-state index in [9.17, 15) is 4.79 Å². The third-order valence-corrected chi connectivity index (χ3v) is 2.73. The molecule has 4 nitrogen and oxygen atoms in total. The van der Waals surface area contributed by atoms with Gasteiger partial charge in [0, 0.05) is 13.6 Å². The highest BCUT2D eigenvalue weighted by Gasteiger charge is 2.10. The van der Waals surface area contributed by atoms with Crippen LogP contribution in [0, 0.1) is 12.8 Å². The standard InChI is InChI=1S/C13H20N2O2/c1-9(2)7-8-15(4)12-6-5-11(13(16)17)10(3)14-12/h5-6,9H,7-8H2,1-4H3,(H,16,17). The number of aromatic carboxylic acids is 1. The summed E-state index contributed by atoms with van der Waals surface area (Å²) in [7, 11) is 1.98. The molecule has 0 radical (unpaired) electrons. The molecule has 0 amide bonds. The monoisotopic (exact) mass is 236 g/mol. The van der Waals surface area contributed by atoms with Crippen molar-refractivity contribution >= 4 is 11.8 Å². The number of hydrogen-bond donors (Lipinski definition) is 1. The quantitative estimate of drug-likeness (QED) is 0.853. The second-order valence-electron chi connectivity index (χ2n) is 4.71. The summed E-state index contributed by atoms with van der Waals surface area (Å²) in [6.45, 7) is 7.01. The first kappa shape index (κ1) is 13.5. The molecule has 1 aromatic heterocycles. The summed E-state index contributed by atoms with van der Waals surface area (Å²) < 4.78 is 0. The number of carbonyl (C=O) groups is 1. The van der Waals surface area contributed by atoms with E-state index < -0.39 is 5.97 Å². The van der Waals surface area contributed by atoms with Gasteiger partial charge in [0.25, 0.3) is 0 Å². The molecule has 1 rings (SSSR count). The molecule has 0 bridgehead atoms. The van der Waals surface area contributed by atoms with Crippen molar-refractivity contribution in [3.05, 3.63) is 23.4 Å². The molecule has 17 heavy (non-hydrogen) atoms. The van der Waals surface area contributed by atoms with E-state index in [1.165, 1.54) is 0 Å². The van der Waals surface area contributed by atoms with Crippen LogP contribution in [-0.2, 0) is 0 Å². The minimum atomic E-state index is -0.925. The van der Waals surface area contributed by atoms with Crippen molar-refractivity contribution in [2.24, 2.45) is 5.92 Å². The highest BCUT2D eigenvalue weighted by molar-refractivity contribution is 5.89. The summed E-state index contributed by atoms with van der Waals surface area (Å²) >= 11 is 0. The Balaban J connectivity index is 2.79. The molecular formula is C13H20N2O2. The van der Waals surface area contributed by atoms with Gasteiger partial charge in [0.2, 0.25) is 0 Å². The zero-order valence-corrected chi connectivity index (χ0v) is 10.9. The fourth-order valence-electron chi connectivity index (χ4n) is 1.55. The predicted octanol–water partition coefficient (Wildman–Crippen LogP) is 2.57. The molecule has 0 unspecified atom stereocenters. The Morgan fingerprint density at radius 1 is 1.47 bits per heavy atom. The van der Waals surface area contributed by atoms with Crippen LogP contribution in [0.25, 0.3) is 0 Å². The van der Waals surface area contributed by atoms with Crippen molar-refractivity contribution in [1.82, 2.24) is 4.98 Å². The van der Waals surface area contributed by atoms with Crippen LogP contribution < -0.4 is 4.90 Å². The van der Waals surface area contributed by atoms with Gasteiger partial charge < -0.3 is 10.0 Å². The maximum atomic E-state index is 10.9. The van der Waals surface area contributed by atoms with E-state index in [-0.39, 0.29) is 5.56 Å². The molecule has 0 aromatic carbocycles. The summed E-state index contributed by atoms with van der Waals surface area (Å²) in [5, 5.41) is 8.92. The third-order valence-electron chi connectivity index (χ3n) is 2.73. The van der Waals surface area contributed by atoms with E-state index in [0.29, 0.717) is 11.6 Å². The van der Waals surface area contributed by atoms with Crippen LogP contribution >= 0.6 is 0 Å². The van der Waals surface area contributed by atoms with E-state index in [4.69, 9.17) is 5.11 Å². The third kappa shape index (κ3) is 3.73. The zero-order valence-electron chi connectivity index (χ0n) is 10.9. The van der Waals surface area contributed by atoms with Gasteiger partial charge in [-0.1, -0.05) is 13.8 Å². The lowest BCUT2D eigenvalue weighted by atomic mass is 10.1. The van der Waals surface area contributed by atoms with Gasteiger partial charge in [-0.2, -0.15) is 0 Å². The van der Waals surface area contributed by atoms with E-state index in [2.05, 4.69) is 23.7 Å². The Bertz CT molecular complexity index is 402. The number of nitrogens with zero attached hydrogens (tertiary/aromatic N) is 2. The van der Waals surface area contributed by atoms with E-state index in [1.54, 1.807) is 19.1 Å². The van der Waals surface area contributed by atoms with Crippen LogP contribution in [0.4, 0.5) is 5.82 Å². The van der Waals surface area contributed by atoms with Crippen molar-refractivity contribution in [3.63, 3.8) is 0 Å². The normalized spacial score (nSPS) is 10.6. The maximum Gasteiger partial charge on any atom is 0.337 e. The Kier molecular flexibility index (Phi) is 4.49. The smallest absolute Gasteiger partial charge is 0.337 e. The van der Waals surface area contributed by atoms with Gasteiger partial charge in [0.1, 0.15) is 5.82 Å².